The van der Waals surface area contributed by atoms with Gasteiger partial charge in [-0.1, -0.05) is 11.6 Å². The van der Waals surface area contributed by atoms with Gasteiger partial charge in [-0.05, 0) is 19.1 Å². The first-order valence-electron chi connectivity index (χ1n) is 4.95. The van der Waals surface area contributed by atoms with Crippen LogP contribution >= 0.6 is 11.6 Å². The summed E-state index contributed by atoms with van der Waals surface area (Å²) in [5.74, 6) is -1.39. The predicted octanol–water partition coefficient (Wildman–Crippen LogP) is 2.82. The van der Waals surface area contributed by atoms with E-state index in [-0.39, 0.29) is 23.1 Å². The van der Waals surface area contributed by atoms with Crippen LogP contribution in [0.4, 0.5) is 19.0 Å². The fraction of sp³-hybridized carbons (Fsp3) is 0.400. The standard InChI is InChI=1S/C10H10ClF3N2O2/c1-2-16(5-10(12,13)14)8-4-6(9(17)18)3-7(11)15-8/h3-4H,2,5H2,1H3,(H,17,18). The van der Waals surface area contributed by atoms with Gasteiger partial charge in [-0.2, -0.15) is 13.2 Å². The Bertz CT molecular complexity index is 451. The van der Waals surface area contributed by atoms with Gasteiger partial charge in [0.25, 0.3) is 0 Å². The number of halogens is 4. The molecule has 1 rings (SSSR count). The predicted molar refractivity (Wildman–Crippen MR) is 60.1 cm³/mol. The van der Waals surface area contributed by atoms with Crippen molar-refractivity contribution in [2.24, 2.45) is 0 Å². The lowest BCUT2D eigenvalue weighted by Gasteiger charge is -2.23. The highest BCUT2D eigenvalue weighted by atomic mass is 35.5. The monoisotopic (exact) mass is 282 g/mol. The van der Waals surface area contributed by atoms with Crippen molar-refractivity contribution in [1.82, 2.24) is 4.98 Å². The molecule has 0 saturated heterocycles. The number of anilines is 1. The quantitative estimate of drug-likeness (QED) is 0.863. The molecule has 0 amide bonds. The first kappa shape index (κ1) is 14.6. The third kappa shape index (κ3) is 4.06. The van der Waals surface area contributed by atoms with E-state index in [1.54, 1.807) is 0 Å². The molecule has 0 unspecified atom stereocenters. The number of rotatable bonds is 4. The lowest BCUT2D eigenvalue weighted by Crippen LogP contribution is -2.34. The summed E-state index contributed by atoms with van der Waals surface area (Å²) in [7, 11) is 0. The fourth-order valence-electron chi connectivity index (χ4n) is 1.34. The van der Waals surface area contributed by atoms with E-state index in [0.717, 1.165) is 17.0 Å². The van der Waals surface area contributed by atoms with Gasteiger partial charge in [-0.25, -0.2) is 9.78 Å². The Labute approximate surface area is 106 Å². The molecular formula is C10H10ClF3N2O2. The molecule has 0 fully saturated rings. The van der Waals surface area contributed by atoms with Crippen molar-refractivity contribution in [3.05, 3.63) is 22.8 Å². The molecule has 1 N–H and O–H groups in total. The van der Waals surface area contributed by atoms with Gasteiger partial charge >= 0.3 is 12.1 Å². The van der Waals surface area contributed by atoms with Crippen molar-refractivity contribution >= 4 is 23.4 Å². The highest BCUT2D eigenvalue weighted by Gasteiger charge is 2.31. The highest BCUT2D eigenvalue weighted by Crippen LogP contribution is 2.23. The van der Waals surface area contributed by atoms with Crippen molar-refractivity contribution in [2.45, 2.75) is 13.1 Å². The molecule has 0 bridgehead atoms. The molecule has 1 aromatic heterocycles. The van der Waals surface area contributed by atoms with Crippen LogP contribution < -0.4 is 4.90 Å². The van der Waals surface area contributed by atoms with E-state index in [9.17, 15) is 18.0 Å². The Morgan fingerprint density at radius 1 is 1.50 bits per heavy atom. The summed E-state index contributed by atoms with van der Waals surface area (Å²) < 4.78 is 37.0. The zero-order valence-electron chi connectivity index (χ0n) is 9.33. The SMILES string of the molecule is CCN(CC(F)(F)F)c1cc(C(=O)O)cc(Cl)n1. The minimum Gasteiger partial charge on any atom is -0.478 e. The van der Waals surface area contributed by atoms with Gasteiger partial charge in [0.1, 0.15) is 17.5 Å². The third-order valence-electron chi connectivity index (χ3n) is 2.10. The first-order valence-corrected chi connectivity index (χ1v) is 5.33. The van der Waals surface area contributed by atoms with Crippen LogP contribution in [-0.4, -0.2) is 35.3 Å². The number of carbonyl (C=O) groups is 1. The summed E-state index contributed by atoms with van der Waals surface area (Å²) in [6.45, 7) is 0.330. The van der Waals surface area contributed by atoms with Crippen molar-refractivity contribution in [2.75, 3.05) is 18.0 Å². The Balaban J connectivity index is 3.09. The van der Waals surface area contributed by atoms with E-state index in [4.69, 9.17) is 16.7 Å². The second kappa shape index (κ2) is 5.43. The maximum absolute atomic E-state index is 12.3. The summed E-state index contributed by atoms with van der Waals surface area (Å²) >= 11 is 5.58. The molecule has 100 valence electrons. The molecule has 8 heteroatoms. The molecule has 0 saturated carbocycles. The lowest BCUT2D eigenvalue weighted by molar-refractivity contribution is -0.119. The van der Waals surface area contributed by atoms with E-state index >= 15 is 0 Å². The van der Waals surface area contributed by atoms with Crippen molar-refractivity contribution in [1.29, 1.82) is 0 Å². The number of alkyl halides is 3. The molecule has 4 nitrogen and oxygen atoms in total. The molecular weight excluding hydrogens is 273 g/mol. The third-order valence-corrected chi connectivity index (χ3v) is 2.30. The normalized spacial score (nSPS) is 11.4. The Hall–Kier alpha value is -1.50. The molecule has 0 aliphatic heterocycles. The van der Waals surface area contributed by atoms with Crippen LogP contribution in [0, 0.1) is 0 Å². The van der Waals surface area contributed by atoms with Gasteiger partial charge in [-0.15, -0.1) is 0 Å². The van der Waals surface area contributed by atoms with Gasteiger partial charge < -0.3 is 10.0 Å². The molecule has 1 heterocycles. The number of carboxylic acid groups (broad SMARTS) is 1. The zero-order chi connectivity index (χ0) is 13.9. The smallest absolute Gasteiger partial charge is 0.405 e. The summed E-state index contributed by atoms with van der Waals surface area (Å²) in [5, 5.41) is 8.63. The van der Waals surface area contributed by atoms with Crippen LogP contribution in [0.25, 0.3) is 0 Å². The first-order chi connectivity index (χ1) is 8.23. The molecule has 0 spiro atoms. The van der Waals surface area contributed by atoms with Crippen LogP contribution in [0.3, 0.4) is 0 Å². The second-order valence-corrected chi connectivity index (χ2v) is 3.86. The average Bonchev–Trinajstić information content (AvgIpc) is 2.23. The van der Waals surface area contributed by atoms with Crippen molar-refractivity contribution in [3.8, 4) is 0 Å². The highest BCUT2D eigenvalue weighted by molar-refractivity contribution is 6.29. The molecule has 1 aromatic rings. The average molecular weight is 283 g/mol. The molecule has 0 radical (unpaired) electrons. The minimum atomic E-state index is -4.40. The molecule has 0 aliphatic carbocycles. The van der Waals surface area contributed by atoms with Crippen molar-refractivity contribution in [3.63, 3.8) is 0 Å². The molecule has 0 aromatic carbocycles. The summed E-state index contributed by atoms with van der Waals surface area (Å²) in [6, 6.07) is 2.14. The van der Waals surface area contributed by atoms with Crippen LogP contribution in [0.5, 0.6) is 0 Å². The largest absolute Gasteiger partial charge is 0.478 e. The second-order valence-electron chi connectivity index (χ2n) is 3.47. The topological polar surface area (TPSA) is 53.4 Å². The lowest BCUT2D eigenvalue weighted by atomic mass is 10.2. The number of aromatic nitrogens is 1. The van der Waals surface area contributed by atoms with Crippen LogP contribution in [-0.2, 0) is 0 Å². The summed E-state index contributed by atoms with van der Waals surface area (Å²) in [6.07, 6.45) is -4.40. The van der Waals surface area contributed by atoms with Gasteiger partial charge in [0.2, 0.25) is 0 Å². The number of hydrogen-bond donors (Lipinski definition) is 1. The van der Waals surface area contributed by atoms with Crippen LogP contribution in [0.2, 0.25) is 5.15 Å². The minimum absolute atomic E-state index is 0.0336. The number of carboxylic acids is 1. The van der Waals surface area contributed by atoms with Crippen LogP contribution in [0.15, 0.2) is 12.1 Å². The molecule has 18 heavy (non-hydrogen) atoms. The zero-order valence-corrected chi connectivity index (χ0v) is 10.1. The van der Waals surface area contributed by atoms with E-state index in [1.807, 2.05) is 0 Å². The van der Waals surface area contributed by atoms with E-state index < -0.39 is 18.7 Å². The Morgan fingerprint density at radius 2 is 2.11 bits per heavy atom. The molecule has 0 atom stereocenters. The Kier molecular flexibility index (Phi) is 4.39. The summed E-state index contributed by atoms with van der Waals surface area (Å²) in [5.41, 5.74) is -0.203. The van der Waals surface area contributed by atoms with Gasteiger partial charge in [0.15, 0.2) is 0 Å². The van der Waals surface area contributed by atoms with E-state index in [0.29, 0.717) is 0 Å². The van der Waals surface area contributed by atoms with Crippen LogP contribution in [0.1, 0.15) is 17.3 Å². The van der Waals surface area contributed by atoms with E-state index in [1.165, 1.54) is 6.92 Å². The van der Waals surface area contributed by atoms with Gasteiger partial charge in [0, 0.05) is 6.54 Å². The number of aromatic carboxylic acids is 1. The number of hydrogen-bond acceptors (Lipinski definition) is 3. The molecule has 0 aliphatic rings. The number of nitrogens with zero attached hydrogens (tertiary/aromatic N) is 2. The fourth-order valence-corrected chi connectivity index (χ4v) is 1.54. The maximum Gasteiger partial charge on any atom is 0.405 e. The van der Waals surface area contributed by atoms with Crippen molar-refractivity contribution < 1.29 is 23.1 Å². The maximum atomic E-state index is 12.3. The number of pyridine rings is 1. The van der Waals surface area contributed by atoms with Gasteiger partial charge in [0.05, 0.1) is 5.56 Å². The Morgan fingerprint density at radius 3 is 2.56 bits per heavy atom. The summed E-state index contributed by atoms with van der Waals surface area (Å²) in [4.78, 5) is 15.4. The van der Waals surface area contributed by atoms with E-state index in [2.05, 4.69) is 4.98 Å². The van der Waals surface area contributed by atoms with Gasteiger partial charge in [-0.3, -0.25) is 0 Å².